The zero-order valence-corrected chi connectivity index (χ0v) is 15.9. The van der Waals surface area contributed by atoms with E-state index in [1.54, 1.807) is 6.92 Å². The molecule has 6 nitrogen and oxygen atoms in total. The lowest BCUT2D eigenvalue weighted by atomic mass is 10.1. The van der Waals surface area contributed by atoms with Gasteiger partial charge in [-0.1, -0.05) is 0 Å². The molecule has 1 atom stereocenters. The Morgan fingerprint density at radius 3 is 2.78 bits per heavy atom. The van der Waals surface area contributed by atoms with Gasteiger partial charge in [0.1, 0.15) is 0 Å². The van der Waals surface area contributed by atoms with Crippen molar-refractivity contribution in [3.8, 4) is 0 Å². The first-order valence-electron chi connectivity index (χ1n) is 7.13. The van der Waals surface area contributed by atoms with E-state index in [2.05, 4.69) is 26.0 Å². The van der Waals surface area contributed by atoms with Gasteiger partial charge >= 0.3 is 5.97 Å². The van der Waals surface area contributed by atoms with Crippen LogP contribution in [-0.2, 0) is 14.8 Å². The first kappa shape index (κ1) is 20.4. The van der Waals surface area contributed by atoms with E-state index in [4.69, 9.17) is 4.74 Å². The standard InChI is InChI=1S/C14H19BrN2O4S.ClH/c1-2-21-14(18)10-5-6-13(12(15)8-10)22(19,20)17-11-4-3-7-16-9-11;/h5-6,8,11,16-17H,2-4,7,9H2,1H3;1H. The molecule has 2 N–H and O–H groups in total. The van der Waals surface area contributed by atoms with Crippen LogP contribution in [0.25, 0.3) is 0 Å². The van der Waals surface area contributed by atoms with Crippen LogP contribution in [0.4, 0.5) is 0 Å². The van der Waals surface area contributed by atoms with Gasteiger partial charge in [-0.25, -0.2) is 17.9 Å². The molecule has 1 aliphatic rings. The van der Waals surface area contributed by atoms with Gasteiger partial charge in [-0.2, -0.15) is 0 Å². The summed E-state index contributed by atoms with van der Waals surface area (Å²) in [5.74, 6) is -0.475. The van der Waals surface area contributed by atoms with Crippen molar-refractivity contribution < 1.29 is 17.9 Å². The van der Waals surface area contributed by atoms with E-state index in [-0.39, 0.29) is 30.0 Å². The second-order valence-corrected chi connectivity index (χ2v) is 7.57. The highest BCUT2D eigenvalue weighted by Gasteiger charge is 2.24. The molecule has 23 heavy (non-hydrogen) atoms. The number of ether oxygens (including phenoxy) is 1. The molecule has 0 radical (unpaired) electrons. The molecule has 0 aromatic heterocycles. The highest BCUT2D eigenvalue weighted by atomic mass is 79.9. The number of nitrogens with one attached hydrogen (secondary N) is 2. The summed E-state index contributed by atoms with van der Waals surface area (Å²) in [6, 6.07) is 4.22. The number of halogens is 2. The normalized spacial score (nSPS) is 18.1. The molecule has 1 aromatic carbocycles. The van der Waals surface area contributed by atoms with Crippen LogP contribution in [0, 0.1) is 0 Å². The van der Waals surface area contributed by atoms with Crippen LogP contribution in [0.3, 0.4) is 0 Å². The van der Waals surface area contributed by atoms with Crippen molar-refractivity contribution >= 4 is 44.3 Å². The Labute approximate surface area is 151 Å². The molecule has 1 fully saturated rings. The van der Waals surface area contributed by atoms with Crippen LogP contribution in [0.5, 0.6) is 0 Å². The Balaban J connectivity index is 0.00000264. The number of esters is 1. The molecule has 1 saturated heterocycles. The van der Waals surface area contributed by atoms with E-state index in [1.807, 2.05) is 0 Å². The summed E-state index contributed by atoms with van der Waals surface area (Å²) >= 11 is 3.22. The third kappa shape index (κ3) is 5.42. The molecule has 0 spiro atoms. The van der Waals surface area contributed by atoms with Gasteiger partial charge in [0.15, 0.2) is 0 Å². The molecule has 0 saturated carbocycles. The minimum Gasteiger partial charge on any atom is -0.462 e. The maximum atomic E-state index is 12.4. The van der Waals surface area contributed by atoms with E-state index in [0.29, 0.717) is 16.6 Å². The number of benzene rings is 1. The van der Waals surface area contributed by atoms with Crippen LogP contribution < -0.4 is 10.0 Å². The molecule has 1 aliphatic heterocycles. The Morgan fingerprint density at radius 1 is 1.48 bits per heavy atom. The molecule has 0 bridgehead atoms. The van der Waals surface area contributed by atoms with E-state index in [9.17, 15) is 13.2 Å². The summed E-state index contributed by atoms with van der Waals surface area (Å²) in [4.78, 5) is 11.8. The Morgan fingerprint density at radius 2 is 2.22 bits per heavy atom. The Hall–Kier alpha value is -0.670. The van der Waals surface area contributed by atoms with E-state index in [0.717, 1.165) is 19.4 Å². The fourth-order valence-electron chi connectivity index (χ4n) is 2.30. The minimum absolute atomic E-state index is 0. The van der Waals surface area contributed by atoms with Gasteiger partial charge in [0.2, 0.25) is 10.0 Å². The summed E-state index contributed by atoms with van der Waals surface area (Å²) < 4.78 is 32.8. The number of piperidine rings is 1. The lowest BCUT2D eigenvalue weighted by molar-refractivity contribution is 0.0526. The number of rotatable bonds is 5. The summed E-state index contributed by atoms with van der Waals surface area (Å²) in [6.07, 6.45) is 1.75. The van der Waals surface area contributed by atoms with Gasteiger partial charge in [-0.05, 0) is 60.4 Å². The van der Waals surface area contributed by atoms with Crippen LogP contribution in [0.15, 0.2) is 27.6 Å². The van der Waals surface area contributed by atoms with Crippen LogP contribution in [-0.4, -0.2) is 40.1 Å². The van der Waals surface area contributed by atoms with Crippen molar-refractivity contribution in [2.45, 2.75) is 30.7 Å². The first-order valence-corrected chi connectivity index (χ1v) is 9.41. The molecule has 2 rings (SSSR count). The smallest absolute Gasteiger partial charge is 0.338 e. The van der Waals surface area contributed by atoms with E-state index in [1.165, 1.54) is 18.2 Å². The maximum Gasteiger partial charge on any atom is 0.338 e. The third-order valence-corrected chi connectivity index (χ3v) is 5.85. The van der Waals surface area contributed by atoms with Crippen LogP contribution in [0.2, 0.25) is 0 Å². The summed E-state index contributed by atoms with van der Waals surface area (Å²) in [7, 11) is -3.63. The minimum atomic E-state index is -3.63. The van der Waals surface area contributed by atoms with Crippen molar-refractivity contribution in [2.75, 3.05) is 19.7 Å². The number of carbonyl (C=O) groups is 1. The van der Waals surface area contributed by atoms with Crippen molar-refractivity contribution in [3.63, 3.8) is 0 Å². The fourth-order valence-corrected chi connectivity index (χ4v) is 4.64. The summed E-state index contributed by atoms with van der Waals surface area (Å²) in [5.41, 5.74) is 0.312. The molecule has 1 heterocycles. The molecular weight excluding hydrogens is 408 g/mol. The average Bonchev–Trinajstić information content (AvgIpc) is 2.47. The maximum absolute atomic E-state index is 12.4. The van der Waals surface area contributed by atoms with Gasteiger partial charge in [-0.15, -0.1) is 12.4 Å². The molecule has 9 heteroatoms. The van der Waals surface area contributed by atoms with Crippen LogP contribution >= 0.6 is 28.3 Å². The zero-order chi connectivity index (χ0) is 16.2. The van der Waals surface area contributed by atoms with Gasteiger partial charge in [0, 0.05) is 17.1 Å². The topological polar surface area (TPSA) is 84.5 Å². The van der Waals surface area contributed by atoms with Crippen molar-refractivity contribution in [3.05, 3.63) is 28.2 Å². The predicted octanol–water partition coefficient (Wildman–Crippen LogP) is 2.08. The van der Waals surface area contributed by atoms with Crippen molar-refractivity contribution in [1.82, 2.24) is 10.0 Å². The fraction of sp³-hybridized carbons (Fsp3) is 0.500. The second-order valence-electron chi connectivity index (χ2n) is 5.03. The molecule has 0 aliphatic carbocycles. The van der Waals surface area contributed by atoms with Gasteiger partial charge in [0.05, 0.1) is 17.1 Å². The summed E-state index contributed by atoms with van der Waals surface area (Å²) in [5, 5.41) is 3.16. The Bertz CT molecular complexity index is 648. The van der Waals surface area contributed by atoms with Gasteiger partial charge in [0.25, 0.3) is 0 Å². The zero-order valence-electron chi connectivity index (χ0n) is 12.7. The molecular formula is C14H20BrClN2O4S. The predicted molar refractivity (Wildman–Crippen MR) is 93.6 cm³/mol. The lowest BCUT2D eigenvalue weighted by Crippen LogP contribution is -2.45. The number of carbonyl (C=O) groups excluding carboxylic acids is 1. The first-order chi connectivity index (χ1) is 10.4. The molecule has 0 amide bonds. The lowest BCUT2D eigenvalue weighted by Gasteiger charge is -2.23. The molecule has 130 valence electrons. The number of hydrogen-bond donors (Lipinski definition) is 2. The highest BCUT2D eigenvalue weighted by molar-refractivity contribution is 9.10. The SMILES string of the molecule is CCOC(=O)c1ccc(S(=O)(=O)NC2CCCNC2)c(Br)c1.Cl. The van der Waals surface area contributed by atoms with Crippen LogP contribution in [0.1, 0.15) is 30.1 Å². The van der Waals surface area contributed by atoms with Crippen molar-refractivity contribution in [2.24, 2.45) is 0 Å². The number of hydrogen-bond acceptors (Lipinski definition) is 5. The Kier molecular flexibility index (Phi) is 7.96. The van der Waals surface area contributed by atoms with E-state index < -0.39 is 16.0 Å². The molecule has 1 unspecified atom stereocenters. The average molecular weight is 428 g/mol. The third-order valence-electron chi connectivity index (χ3n) is 3.35. The van der Waals surface area contributed by atoms with Gasteiger partial charge in [-0.3, -0.25) is 0 Å². The quantitative estimate of drug-likeness (QED) is 0.703. The number of sulfonamides is 1. The highest BCUT2D eigenvalue weighted by Crippen LogP contribution is 2.24. The summed E-state index contributed by atoms with van der Waals surface area (Å²) in [6.45, 7) is 3.52. The largest absolute Gasteiger partial charge is 0.462 e. The molecule has 1 aromatic rings. The monoisotopic (exact) mass is 426 g/mol. The van der Waals surface area contributed by atoms with E-state index >= 15 is 0 Å². The van der Waals surface area contributed by atoms with Crippen molar-refractivity contribution in [1.29, 1.82) is 0 Å². The second kappa shape index (κ2) is 8.98. The van der Waals surface area contributed by atoms with Gasteiger partial charge < -0.3 is 10.1 Å².